The molecule has 0 amide bonds. The molecule has 0 aliphatic heterocycles. The van der Waals surface area contributed by atoms with Crippen LogP contribution in [-0.4, -0.2) is 19.7 Å². The van der Waals surface area contributed by atoms with Crippen molar-refractivity contribution in [1.82, 2.24) is 19.7 Å². The van der Waals surface area contributed by atoms with Gasteiger partial charge in [0.25, 0.3) is 5.56 Å². The highest BCUT2D eigenvalue weighted by Gasteiger charge is 2.10. The van der Waals surface area contributed by atoms with Crippen LogP contribution < -0.4 is 5.56 Å². The lowest BCUT2D eigenvalue weighted by Crippen LogP contribution is -2.19. The van der Waals surface area contributed by atoms with Crippen LogP contribution in [0.1, 0.15) is 5.89 Å². The third-order valence-corrected chi connectivity index (χ3v) is 3.51. The van der Waals surface area contributed by atoms with E-state index in [1.54, 1.807) is 18.5 Å². The second-order valence-electron chi connectivity index (χ2n) is 5.11. The fourth-order valence-corrected chi connectivity index (χ4v) is 2.35. The van der Waals surface area contributed by atoms with Crippen LogP contribution in [0.5, 0.6) is 0 Å². The number of benzene rings is 1. The first-order valence-corrected chi connectivity index (χ1v) is 7.27. The SMILES string of the molecule is O=c1ccc(-c2nnco2)cn1Cc1ncc(-c2ccccc2)o1. The third-order valence-electron chi connectivity index (χ3n) is 3.51. The molecular formula is C17H12N4O3. The number of hydrogen-bond donors (Lipinski definition) is 0. The Labute approximate surface area is 136 Å². The molecule has 0 aliphatic rings. The zero-order valence-corrected chi connectivity index (χ0v) is 12.5. The van der Waals surface area contributed by atoms with E-state index in [9.17, 15) is 4.79 Å². The fraction of sp³-hybridized carbons (Fsp3) is 0.0588. The minimum atomic E-state index is -0.169. The second-order valence-corrected chi connectivity index (χ2v) is 5.11. The molecule has 0 saturated carbocycles. The summed E-state index contributed by atoms with van der Waals surface area (Å²) in [5.41, 5.74) is 1.42. The van der Waals surface area contributed by atoms with E-state index in [0.29, 0.717) is 23.1 Å². The first kappa shape index (κ1) is 14.1. The number of hydrogen-bond acceptors (Lipinski definition) is 6. The molecule has 0 radical (unpaired) electrons. The lowest BCUT2D eigenvalue weighted by atomic mass is 10.2. The molecule has 3 heterocycles. The number of oxazole rings is 1. The molecule has 0 N–H and O–H groups in total. The van der Waals surface area contributed by atoms with Crippen molar-refractivity contribution in [2.24, 2.45) is 0 Å². The van der Waals surface area contributed by atoms with Crippen LogP contribution in [0, 0.1) is 0 Å². The number of pyridine rings is 1. The van der Waals surface area contributed by atoms with Gasteiger partial charge in [0, 0.05) is 17.8 Å². The first-order chi connectivity index (χ1) is 11.8. The summed E-state index contributed by atoms with van der Waals surface area (Å²) in [4.78, 5) is 16.3. The highest BCUT2D eigenvalue weighted by atomic mass is 16.4. The van der Waals surface area contributed by atoms with Crippen molar-refractivity contribution in [3.05, 3.63) is 77.5 Å². The van der Waals surface area contributed by atoms with Crippen LogP contribution in [0.2, 0.25) is 0 Å². The minimum Gasteiger partial charge on any atom is -0.439 e. The van der Waals surface area contributed by atoms with Gasteiger partial charge in [-0.1, -0.05) is 30.3 Å². The predicted molar refractivity (Wildman–Crippen MR) is 85.0 cm³/mol. The van der Waals surface area contributed by atoms with Gasteiger partial charge in [0.15, 0.2) is 5.76 Å². The smallest absolute Gasteiger partial charge is 0.251 e. The van der Waals surface area contributed by atoms with E-state index in [1.807, 2.05) is 30.3 Å². The van der Waals surface area contributed by atoms with Crippen LogP contribution >= 0.6 is 0 Å². The van der Waals surface area contributed by atoms with Gasteiger partial charge in [0.1, 0.15) is 6.54 Å². The van der Waals surface area contributed by atoms with Crippen molar-refractivity contribution in [1.29, 1.82) is 0 Å². The normalized spacial score (nSPS) is 10.8. The quantitative estimate of drug-likeness (QED) is 0.574. The van der Waals surface area contributed by atoms with Crippen LogP contribution in [0.3, 0.4) is 0 Å². The largest absolute Gasteiger partial charge is 0.439 e. The molecule has 118 valence electrons. The summed E-state index contributed by atoms with van der Waals surface area (Å²) in [5.74, 6) is 1.45. The van der Waals surface area contributed by atoms with Crippen molar-refractivity contribution in [3.8, 4) is 22.8 Å². The van der Waals surface area contributed by atoms with Crippen molar-refractivity contribution >= 4 is 0 Å². The summed E-state index contributed by atoms with van der Waals surface area (Å²) in [7, 11) is 0. The Bertz CT molecular complexity index is 1000. The van der Waals surface area contributed by atoms with E-state index in [4.69, 9.17) is 8.83 Å². The molecule has 7 nitrogen and oxygen atoms in total. The van der Waals surface area contributed by atoms with Crippen molar-refractivity contribution in [2.45, 2.75) is 6.54 Å². The Balaban J connectivity index is 1.63. The molecule has 0 fully saturated rings. The first-order valence-electron chi connectivity index (χ1n) is 7.27. The Morgan fingerprint density at radius 3 is 2.71 bits per heavy atom. The number of nitrogens with zero attached hydrogens (tertiary/aromatic N) is 4. The van der Waals surface area contributed by atoms with Gasteiger partial charge in [0.2, 0.25) is 18.2 Å². The maximum atomic E-state index is 12.0. The molecule has 0 unspecified atom stereocenters. The summed E-state index contributed by atoms with van der Waals surface area (Å²) in [6.45, 7) is 0.216. The van der Waals surface area contributed by atoms with Crippen molar-refractivity contribution < 1.29 is 8.83 Å². The minimum absolute atomic E-state index is 0.169. The van der Waals surface area contributed by atoms with Crippen molar-refractivity contribution in [2.75, 3.05) is 0 Å². The second kappa shape index (κ2) is 5.96. The van der Waals surface area contributed by atoms with Gasteiger partial charge in [-0.05, 0) is 6.07 Å². The number of rotatable bonds is 4. The Morgan fingerprint density at radius 2 is 1.92 bits per heavy atom. The zero-order valence-electron chi connectivity index (χ0n) is 12.5. The van der Waals surface area contributed by atoms with E-state index in [2.05, 4.69) is 15.2 Å². The van der Waals surface area contributed by atoms with Gasteiger partial charge >= 0.3 is 0 Å². The number of aromatic nitrogens is 4. The molecule has 0 spiro atoms. The predicted octanol–water partition coefficient (Wildman–Crippen LogP) is 2.60. The third kappa shape index (κ3) is 2.74. The maximum absolute atomic E-state index is 12.0. The monoisotopic (exact) mass is 320 g/mol. The Kier molecular flexibility index (Phi) is 3.51. The summed E-state index contributed by atoms with van der Waals surface area (Å²) in [6, 6.07) is 12.7. The highest BCUT2D eigenvalue weighted by molar-refractivity contribution is 5.55. The van der Waals surface area contributed by atoms with E-state index < -0.39 is 0 Å². The zero-order chi connectivity index (χ0) is 16.4. The fourth-order valence-electron chi connectivity index (χ4n) is 2.35. The molecule has 7 heteroatoms. The average molecular weight is 320 g/mol. The molecule has 24 heavy (non-hydrogen) atoms. The van der Waals surface area contributed by atoms with Crippen molar-refractivity contribution in [3.63, 3.8) is 0 Å². The van der Waals surface area contributed by atoms with Crippen LogP contribution in [-0.2, 0) is 6.54 Å². The van der Waals surface area contributed by atoms with E-state index >= 15 is 0 Å². The average Bonchev–Trinajstić information content (AvgIpc) is 3.29. The van der Waals surface area contributed by atoms with Gasteiger partial charge in [-0.2, -0.15) is 0 Å². The molecule has 4 aromatic rings. The van der Waals surface area contributed by atoms with Gasteiger partial charge in [-0.15, -0.1) is 10.2 Å². The molecule has 1 aromatic carbocycles. The standard InChI is InChI=1S/C17H12N4O3/c22-16-7-6-13(17-20-19-11-23-17)9-21(16)10-15-18-8-14(24-15)12-4-2-1-3-5-12/h1-9,11H,10H2. The van der Waals surface area contributed by atoms with Crippen LogP contribution in [0.15, 0.2) is 74.9 Å². The molecule has 0 atom stereocenters. The maximum Gasteiger partial charge on any atom is 0.251 e. The van der Waals surface area contributed by atoms with Gasteiger partial charge in [-0.25, -0.2) is 4.98 Å². The summed E-state index contributed by atoms with van der Waals surface area (Å²) < 4.78 is 12.4. The van der Waals surface area contributed by atoms with E-state index in [-0.39, 0.29) is 12.1 Å². The Hall–Kier alpha value is -3.48. The van der Waals surface area contributed by atoms with E-state index in [1.165, 1.54) is 17.0 Å². The Morgan fingerprint density at radius 1 is 1.04 bits per heavy atom. The summed E-state index contributed by atoms with van der Waals surface area (Å²) in [6.07, 6.45) is 4.53. The van der Waals surface area contributed by atoms with Gasteiger partial charge in [0.05, 0.1) is 11.8 Å². The molecule has 3 aromatic heterocycles. The molecule has 4 rings (SSSR count). The van der Waals surface area contributed by atoms with Gasteiger partial charge < -0.3 is 13.4 Å². The van der Waals surface area contributed by atoms with Crippen LogP contribution in [0.4, 0.5) is 0 Å². The lowest BCUT2D eigenvalue weighted by molar-refractivity contribution is 0.484. The summed E-state index contributed by atoms with van der Waals surface area (Å²) >= 11 is 0. The molecule has 0 saturated heterocycles. The van der Waals surface area contributed by atoms with E-state index in [0.717, 1.165) is 5.56 Å². The van der Waals surface area contributed by atoms with Crippen LogP contribution in [0.25, 0.3) is 22.8 Å². The summed E-state index contributed by atoms with van der Waals surface area (Å²) in [5, 5.41) is 7.47. The molecule has 0 aliphatic carbocycles. The molecule has 0 bridgehead atoms. The molecular weight excluding hydrogens is 308 g/mol. The highest BCUT2D eigenvalue weighted by Crippen LogP contribution is 2.20. The van der Waals surface area contributed by atoms with Gasteiger partial charge in [-0.3, -0.25) is 4.79 Å². The topological polar surface area (TPSA) is 87.0 Å². The lowest BCUT2D eigenvalue weighted by Gasteiger charge is -2.04.